The average molecular weight is 401 g/mol. The number of sulfonamides is 1. The molecule has 5 heteroatoms. The fraction of sp³-hybridized carbons (Fsp3) is 0.200. The summed E-state index contributed by atoms with van der Waals surface area (Å²) in [7, 11) is -3.41. The van der Waals surface area contributed by atoms with E-state index in [9.17, 15) is 8.42 Å². The average Bonchev–Trinajstić information content (AvgIpc) is 2.41. The minimum Gasteiger partial charge on any atom is -0.211 e. The van der Waals surface area contributed by atoms with E-state index in [1.54, 1.807) is 24.3 Å². The maximum Gasteiger partial charge on any atom is 0.240 e. The molecule has 1 N–H and O–H groups in total. The quantitative estimate of drug-likeness (QED) is 0.783. The van der Waals surface area contributed by atoms with Gasteiger partial charge < -0.3 is 0 Å². The number of nitrogens with one attached hydrogen (secondary N) is 1. The number of benzene rings is 2. The smallest absolute Gasteiger partial charge is 0.211 e. The van der Waals surface area contributed by atoms with Crippen LogP contribution in [0.3, 0.4) is 0 Å². The molecular weight excluding hydrogens is 385 g/mol. The Labute approximate surface area is 133 Å². The number of hydrogen-bond donors (Lipinski definition) is 1. The normalized spacial score (nSPS) is 11.5. The van der Waals surface area contributed by atoms with E-state index < -0.39 is 10.0 Å². The van der Waals surface area contributed by atoms with Crippen molar-refractivity contribution in [1.82, 2.24) is 4.72 Å². The van der Waals surface area contributed by atoms with Gasteiger partial charge in [-0.05, 0) is 59.7 Å². The van der Waals surface area contributed by atoms with Crippen LogP contribution in [-0.4, -0.2) is 15.0 Å². The molecule has 2 aromatic carbocycles. The molecule has 0 heterocycles. The SMILES string of the molecule is Cc1ccc(S(=O)(=O)NCCc2ccccc2I)cc1. The first-order chi connectivity index (χ1) is 9.49. The van der Waals surface area contributed by atoms with Gasteiger partial charge in [0.1, 0.15) is 0 Å². The Hall–Kier alpha value is -0.920. The van der Waals surface area contributed by atoms with Crippen LogP contribution in [0, 0.1) is 10.5 Å². The minimum absolute atomic E-state index is 0.311. The van der Waals surface area contributed by atoms with E-state index >= 15 is 0 Å². The molecule has 0 unspecified atom stereocenters. The summed E-state index contributed by atoms with van der Waals surface area (Å²) in [5, 5.41) is 0. The van der Waals surface area contributed by atoms with Gasteiger partial charge in [0.05, 0.1) is 4.90 Å². The maximum absolute atomic E-state index is 12.1. The largest absolute Gasteiger partial charge is 0.240 e. The second-order valence-corrected chi connectivity index (χ2v) is 7.48. The second kappa shape index (κ2) is 6.69. The molecule has 0 radical (unpaired) electrons. The summed E-state index contributed by atoms with van der Waals surface area (Å²) in [6, 6.07) is 14.8. The van der Waals surface area contributed by atoms with Crippen LogP contribution < -0.4 is 4.72 Å². The fourth-order valence-corrected chi connectivity index (χ4v) is 3.51. The lowest BCUT2D eigenvalue weighted by Crippen LogP contribution is -2.26. The Morgan fingerprint density at radius 1 is 1.05 bits per heavy atom. The van der Waals surface area contributed by atoms with Crippen molar-refractivity contribution in [3.05, 3.63) is 63.2 Å². The van der Waals surface area contributed by atoms with Crippen LogP contribution in [0.4, 0.5) is 0 Å². The topological polar surface area (TPSA) is 46.2 Å². The lowest BCUT2D eigenvalue weighted by Gasteiger charge is -2.08. The highest BCUT2D eigenvalue weighted by atomic mass is 127. The summed E-state index contributed by atoms with van der Waals surface area (Å²) in [6.45, 7) is 2.33. The Bertz CT molecular complexity index is 681. The molecular formula is C15H16INO2S. The number of rotatable bonds is 5. The van der Waals surface area contributed by atoms with E-state index in [1.807, 2.05) is 31.2 Å². The van der Waals surface area contributed by atoms with E-state index in [4.69, 9.17) is 0 Å². The molecule has 0 spiro atoms. The van der Waals surface area contributed by atoms with Crippen molar-refractivity contribution in [1.29, 1.82) is 0 Å². The highest BCUT2D eigenvalue weighted by Gasteiger charge is 2.12. The molecule has 106 valence electrons. The van der Waals surface area contributed by atoms with Gasteiger partial charge in [-0.25, -0.2) is 13.1 Å². The van der Waals surface area contributed by atoms with E-state index in [0.717, 1.165) is 14.7 Å². The van der Waals surface area contributed by atoms with Crippen LogP contribution in [-0.2, 0) is 16.4 Å². The molecule has 0 aromatic heterocycles. The summed E-state index contributed by atoms with van der Waals surface area (Å²) in [5.41, 5.74) is 2.20. The van der Waals surface area contributed by atoms with E-state index in [-0.39, 0.29) is 0 Å². The molecule has 0 aliphatic carbocycles. The molecule has 0 aliphatic rings. The summed E-state index contributed by atoms with van der Waals surface area (Å²) in [6.07, 6.45) is 0.685. The maximum atomic E-state index is 12.1. The molecule has 0 saturated heterocycles. The van der Waals surface area contributed by atoms with Gasteiger partial charge in [-0.1, -0.05) is 35.9 Å². The van der Waals surface area contributed by atoms with Gasteiger partial charge >= 0.3 is 0 Å². The van der Waals surface area contributed by atoms with E-state index in [1.165, 1.54) is 0 Å². The monoisotopic (exact) mass is 401 g/mol. The summed E-state index contributed by atoms with van der Waals surface area (Å²) < 4.78 is 28.0. The van der Waals surface area contributed by atoms with Crippen molar-refractivity contribution in [2.45, 2.75) is 18.2 Å². The van der Waals surface area contributed by atoms with Crippen molar-refractivity contribution >= 4 is 32.6 Å². The number of halogens is 1. The minimum atomic E-state index is -3.41. The van der Waals surface area contributed by atoms with Crippen molar-refractivity contribution in [2.75, 3.05) is 6.54 Å². The van der Waals surface area contributed by atoms with Gasteiger partial charge in [0.15, 0.2) is 0 Å². The summed E-state index contributed by atoms with van der Waals surface area (Å²) >= 11 is 2.26. The van der Waals surface area contributed by atoms with Crippen LogP contribution in [0.5, 0.6) is 0 Å². The first-order valence-corrected chi connectivity index (χ1v) is 8.85. The molecule has 0 amide bonds. The second-order valence-electron chi connectivity index (χ2n) is 4.55. The highest BCUT2D eigenvalue weighted by molar-refractivity contribution is 14.1. The summed E-state index contributed by atoms with van der Waals surface area (Å²) in [4.78, 5) is 0.311. The Morgan fingerprint density at radius 3 is 2.35 bits per heavy atom. The van der Waals surface area contributed by atoms with Gasteiger partial charge in [-0.15, -0.1) is 0 Å². The highest BCUT2D eigenvalue weighted by Crippen LogP contribution is 2.13. The lowest BCUT2D eigenvalue weighted by molar-refractivity contribution is 0.581. The fourth-order valence-electron chi connectivity index (χ4n) is 1.82. The van der Waals surface area contributed by atoms with Crippen LogP contribution in [0.1, 0.15) is 11.1 Å². The molecule has 0 aliphatic heterocycles. The molecule has 2 aromatic rings. The lowest BCUT2D eigenvalue weighted by atomic mass is 10.2. The number of aryl methyl sites for hydroxylation is 1. The Kier molecular flexibility index (Phi) is 5.17. The van der Waals surface area contributed by atoms with Gasteiger partial charge in [0.2, 0.25) is 10.0 Å². The van der Waals surface area contributed by atoms with E-state index in [2.05, 4.69) is 27.3 Å². The summed E-state index contributed by atoms with van der Waals surface area (Å²) in [5.74, 6) is 0. The van der Waals surface area contributed by atoms with Gasteiger partial charge in [0.25, 0.3) is 0 Å². The molecule has 0 atom stereocenters. The zero-order chi connectivity index (χ0) is 14.6. The van der Waals surface area contributed by atoms with Crippen molar-refractivity contribution in [2.24, 2.45) is 0 Å². The Balaban J connectivity index is 2.00. The van der Waals surface area contributed by atoms with Gasteiger partial charge in [-0.3, -0.25) is 0 Å². The molecule has 0 bridgehead atoms. The predicted octanol–water partition coefficient (Wildman–Crippen LogP) is 3.12. The zero-order valence-corrected chi connectivity index (χ0v) is 14.1. The third-order valence-electron chi connectivity index (χ3n) is 2.98. The predicted molar refractivity (Wildman–Crippen MR) is 89.2 cm³/mol. The van der Waals surface area contributed by atoms with Crippen LogP contribution in [0.25, 0.3) is 0 Å². The zero-order valence-electron chi connectivity index (χ0n) is 11.1. The third-order valence-corrected chi connectivity index (χ3v) is 5.50. The molecule has 3 nitrogen and oxygen atoms in total. The van der Waals surface area contributed by atoms with Crippen LogP contribution >= 0.6 is 22.6 Å². The third kappa shape index (κ3) is 4.04. The molecule has 0 fully saturated rings. The first-order valence-electron chi connectivity index (χ1n) is 6.29. The van der Waals surface area contributed by atoms with Crippen LogP contribution in [0.15, 0.2) is 53.4 Å². The Morgan fingerprint density at radius 2 is 1.70 bits per heavy atom. The van der Waals surface area contributed by atoms with Crippen LogP contribution in [0.2, 0.25) is 0 Å². The molecule has 20 heavy (non-hydrogen) atoms. The van der Waals surface area contributed by atoms with Gasteiger partial charge in [0, 0.05) is 10.1 Å². The van der Waals surface area contributed by atoms with Crippen molar-refractivity contribution in [3.63, 3.8) is 0 Å². The van der Waals surface area contributed by atoms with Gasteiger partial charge in [-0.2, -0.15) is 0 Å². The van der Waals surface area contributed by atoms with E-state index in [0.29, 0.717) is 17.9 Å². The standard InChI is InChI=1S/C15H16INO2S/c1-12-6-8-14(9-7-12)20(18,19)17-11-10-13-4-2-3-5-15(13)16/h2-9,17H,10-11H2,1H3. The molecule has 0 saturated carbocycles. The molecule has 2 rings (SSSR count). The number of hydrogen-bond acceptors (Lipinski definition) is 2. The first kappa shape index (κ1) is 15.5. The van der Waals surface area contributed by atoms with Crippen molar-refractivity contribution < 1.29 is 8.42 Å². The van der Waals surface area contributed by atoms with Crippen molar-refractivity contribution in [3.8, 4) is 0 Å².